The fraction of sp³-hybridized carbons (Fsp3) is 0.684. The molecule has 0 spiro atoms. The highest BCUT2D eigenvalue weighted by Gasteiger charge is 2.59. The molecule has 1 nitrogen and oxygen atoms in total. The van der Waals surface area contributed by atoms with Gasteiger partial charge in [0.15, 0.2) is 11.6 Å². The van der Waals surface area contributed by atoms with E-state index in [2.05, 4.69) is 4.74 Å². The monoisotopic (exact) mass is 418 g/mol. The van der Waals surface area contributed by atoms with Gasteiger partial charge in [0.25, 0.3) is 6.17 Å². The van der Waals surface area contributed by atoms with Gasteiger partial charge in [-0.25, -0.2) is 8.78 Å². The lowest BCUT2D eigenvalue weighted by atomic mass is 9.77. The molecule has 1 unspecified atom stereocenters. The summed E-state index contributed by atoms with van der Waals surface area (Å²) in [7, 11) is 0. The standard InChI is InChI=1S/C19H22F8O/c20-10-2-1-3-12-4-6-13(7-5-12)14-8-9-16(15(21)11-14)28-19(26,27)17(22)18(23,24)25/h8-9,11-13,17H,1-7,10H2. The minimum atomic E-state index is -5.83. The van der Waals surface area contributed by atoms with Crippen molar-refractivity contribution in [3.05, 3.63) is 29.6 Å². The Morgan fingerprint density at radius 3 is 2.18 bits per heavy atom. The van der Waals surface area contributed by atoms with Crippen molar-refractivity contribution >= 4 is 0 Å². The third-order valence-electron chi connectivity index (χ3n) is 5.10. The number of unbranched alkanes of at least 4 members (excludes halogenated alkanes) is 1. The molecule has 2 rings (SSSR count). The summed E-state index contributed by atoms with van der Waals surface area (Å²) in [5.74, 6) is -1.94. The van der Waals surface area contributed by atoms with Crippen LogP contribution in [0.1, 0.15) is 56.4 Å². The Kier molecular flexibility index (Phi) is 7.56. The summed E-state index contributed by atoms with van der Waals surface area (Å²) in [6.07, 6.45) is -10.1. The van der Waals surface area contributed by atoms with Crippen LogP contribution < -0.4 is 4.74 Å². The smallest absolute Gasteiger partial charge is 0.427 e. The molecule has 28 heavy (non-hydrogen) atoms. The summed E-state index contributed by atoms with van der Waals surface area (Å²) < 4.78 is 106. The average molecular weight is 418 g/mol. The molecule has 0 radical (unpaired) electrons. The Bertz CT molecular complexity index is 623. The molecule has 9 heteroatoms. The molecular weight excluding hydrogens is 396 g/mol. The number of alkyl halides is 7. The first-order valence-electron chi connectivity index (χ1n) is 9.17. The van der Waals surface area contributed by atoms with E-state index in [0.29, 0.717) is 17.9 Å². The van der Waals surface area contributed by atoms with Crippen molar-refractivity contribution < 1.29 is 39.9 Å². The largest absolute Gasteiger partial charge is 0.439 e. The van der Waals surface area contributed by atoms with Gasteiger partial charge in [0.2, 0.25) is 0 Å². The maximum Gasteiger partial charge on any atom is 0.439 e. The van der Waals surface area contributed by atoms with Crippen LogP contribution in [0.5, 0.6) is 5.75 Å². The maximum atomic E-state index is 14.1. The number of hydrogen-bond acceptors (Lipinski definition) is 1. The molecule has 0 N–H and O–H groups in total. The van der Waals surface area contributed by atoms with Crippen LogP contribution in [-0.4, -0.2) is 25.1 Å². The molecule has 1 aliphatic carbocycles. The molecule has 1 atom stereocenters. The first kappa shape index (κ1) is 22.7. The second-order valence-corrected chi connectivity index (χ2v) is 7.16. The van der Waals surface area contributed by atoms with Crippen LogP contribution in [0.2, 0.25) is 0 Å². The predicted molar refractivity (Wildman–Crippen MR) is 87.5 cm³/mol. The molecule has 0 heterocycles. The molecule has 0 aromatic heterocycles. The van der Waals surface area contributed by atoms with Crippen molar-refractivity contribution in [2.45, 2.75) is 69.3 Å². The number of benzene rings is 1. The first-order valence-corrected chi connectivity index (χ1v) is 9.17. The number of rotatable bonds is 8. The van der Waals surface area contributed by atoms with Crippen LogP contribution >= 0.6 is 0 Å². The fourth-order valence-corrected chi connectivity index (χ4v) is 3.55. The normalized spacial score (nSPS) is 22.1. The van der Waals surface area contributed by atoms with E-state index in [0.717, 1.165) is 50.7 Å². The highest BCUT2D eigenvalue weighted by Crippen LogP contribution is 2.40. The molecule has 1 fully saturated rings. The van der Waals surface area contributed by atoms with E-state index < -0.39 is 30.0 Å². The zero-order valence-corrected chi connectivity index (χ0v) is 15.1. The van der Waals surface area contributed by atoms with Crippen molar-refractivity contribution in [1.29, 1.82) is 0 Å². The Labute approximate surface area is 158 Å². The van der Waals surface area contributed by atoms with Gasteiger partial charge in [-0.3, -0.25) is 4.39 Å². The van der Waals surface area contributed by atoms with Gasteiger partial charge in [-0.2, -0.15) is 22.0 Å². The quantitative estimate of drug-likeness (QED) is 0.323. The van der Waals surface area contributed by atoms with Gasteiger partial charge in [0.05, 0.1) is 6.67 Å². The van der Waals surface area contributed by atoms with Crippen LogP contribution in [0.4, 0.5) is 35.1 Å². The Morgan fingerprint density at radius 2 is 1.64 bits per heavy atom. The molecular formula is C19H22F8O. The second kappa shape index (κ2) is 9.31. The van der Waals surface area contributed by atoms with Crippen LogP contribution in [0.15, 0.2) is 18.2 Å². The minimum absolute atomic E-state index is 0.00872. The van der Waals surface area contributed by atoms with Crippen LogP contribution in [-0.2, 0) is 0 Å². The van der Waals surface area contributed by atoms with E-state index in [-0.39, 0.29) is 12.6 Å². The van der Waals surface area contributed by atoms with E-state index in [4.69, 9.17) is 0 Å². The van der Waals surface area contributed by atoms with Crippen LogP contribution in [0.25, 0.3) is 0 Å². The summed E-state index contributed by atoms with van der Waals surface area (Å²) in [5, 5.41) is 0. The van der Waals surface area contributed by atoms with Crippen molar-refractivity contribution in [3.8, 4) is 5.75 Å². The number of halogens is 8. The van der Waals surface area contributed by atoms with E-state index in [1.807, 2.05) is 0 Å². The molecule has 160 valence electrons. The van der Waals surface area contributed by atoms with Gasteiger partial charge in [-0.05, 0) is 61.6 Å². The van der Waals surface area contributed by atoms with Gasteiger partial charge in [-0.1, -0.05) is 18.9 Å². The third-order valence-corrected chi connectivity index (χ3v) is 5.10. The lowest BCUT2D eigenvalue weighted by Crippen LogP contribution is -2.45. The Morgan fingerprint density at radius 1 is 1.00 bits per heavy atom. The number of ether oxygens (including phenoxy) is 1. The lowest BCUT2D eigenvalue weighted by molar-refractivity contribution is -0.305. The summed E-state index contributed by atoms with van der Waals surface area (Å²) in [4.78, 5) is 0. The van der Waals surface area contributed by atoms with E-state index in [1.165, 1.54) is 6.07 Å². The van der Waals surface area contributed by atoms with Gasteiger partial charge in [0.1, 0.15) is 0 Å². The van der Waals surface area contributed by atoms with Crippen molar-refractivity contribution in [2.24, 2.45) is 5.92 Å². The summed E-state index contributed by atoms with van der Waals surface area (Å²) >= 11 is 0. The Balaban J connectivity index is 1.97. The number of hydrogen-bond donors (Lipinski definition) is 0. The van der Waals surface area contributed by atoms with Crippen LogP contribution in [0.3, 0.4) is 0 Å². The second-order valence-electron chi connectivity index (χ2n) is 7.16. The zero-order valence-electron chi connectivity index (χ0n) is 15.1. The molecule has 1 aromatic rings. The van der Waals surface area contributed by atoms with Gasteiger partial charge in [-0.15, -0.1) is 0 Å². The fourth-order valence-electron chi connectivity index (χ4n) is 3.55. The molecule has 0 amide bonds. The SMILES string of the molecule is FCCCCC1CCC(c2ccc(OC(F)(F)C(F)C(F)(F)F)c(F)c2)CC1. The predicted octanol–water partition coefficient (Wildman–Crippen LogP) is 7.11. The summed E-state index contributed by atoms with van der Waals surface area (Å²) in [6.45, 7) is -0.339. The topological polar surface area (TPSA) is 9.23 Å². The van der Waals surface area contributed by atoms with Gasteiger partial charge in [0, 0.05) is 0 Å². The molecule has 0 saturated heterocycles. The van der Waals surface area contributed by atoms with Gasteiger partial charge >= 0.3 is 12.3 Å². The minimum Gasteiger partial charge on any atom is -0.427 e. The van der Waals surface area contributed by atoms with Gasteiger partial charge < -0.3 is 4.74 Å². The van der Waals surface area contributed by atoms with Crippen molar-refractivity contribution in [1.82, 2.24) is 0 Å². The van der Waals surface area contributed by atoms with E-state index in [9.17, 15) is 35.1 Å². The van der Waals surface area contributed by atoms with Crippen molar-refractivity contribution in [3.63, 3.8) is 0 Å². The zero-order chi connectivity index (χ0) is 20.9. The maximum absolute atomic E-state index is 14.1. The summed E-state index contributed by atoms with van der Waals surface area (Å²) in [5.41, 5.74) is 0.531. The molecule has 1 saturated carbocycles. The highest BCUT2D eigenvalue weighted by atomic mass is 19.4. The molecule has 0 bridgehead atoms. The summed E-state index contributed by atoms with van der Waals surface area (Å²) in [6, 6.07) is 3.05. The highest BCUT2D eigenvalue weighted by molar-refractivity contribution is 5.32. The molecule has 1 aromatic carbocycles. The lowest BCUT2D eigenvalue weighted by Gasteiger charge is -2.29. The van der Waals surface area contributed by atoms with Crippen LogP contribution in [0, 0.1) is 11.7 Å². The molecule has 1 aliphatic rings. The first-order chi connectivity index (χ1) is 13.0. The molecule has 0 aliphatic heterocycles. The van der Waals surface area contributed by atoms with E-state index >= 15 is 0 Å². The van der Waals surface area contributed by atoms with Crippen molar-refractivity contribution in [2.75, 3.05) is 6.67 Å². The third kappa shape index (κ3) is 5.98. The van der Waals surface area contributed by atoms with E-state index in [1.54, 1.807) is 0 Å². The Hall–Kier alpha value is -1.54. The average Bonchev–Trinajstić information content (AvgIpc) is 2.63.